The molecule has 1 aromatic rings. The number of hydrogen-bond acceptors (Lipinski definition) is 2. The number of para-hydroxylation sites is 1. The topological polar surface area (TPSA) is 15.3 Å². The van der Waals surface area contributed by atoms with Crippen molar-refractivity contribution in [3.8, 4) is 0 Å². The summed E-state index contributed by atoms with van der Waals surface area (Å²) in [5, 5.41) is 3.29. The van der Waals surface area contributed by atoms with Gasteiger partial charge in [-0.1, -0.05) is 12.1 Å². The van der Waals surface area contributed by atoms with Crippen molar-refractivity contribution < 1.29 is 13.2 Å². The van der Waals surface area contributed by atoms with Crippen molar-refractivity contribution >= 4 is 18.1 Å². The molecular formula is C13H16ClF3N2. The van der Waals surface area contributed by atoms with Gasteiger partial charge in [-0.05, 0) is 24.0 Å². The summed E-state index contributed by atoms with van der Waals surface area (Å²) in [6.45, 7) is 3.31. The standard InChI is InChI=1S/C13H15F3N2.ClH/c14-13(15,16)11-3-1-2-4-12(11)18-7-9-5-17-6-10(9)8-18;/h1-4,9-10,17H,5-8H2;1H/t9-,10+;. The average molecular weight is 293 g/mol. The van der Waals surface area contributed by atoms with E-state index >= 15 is 0 Å². The summed E-state index contributed by atoms with van der Waals surface area (Å²) in [6.07, 6.45) is -4.27. The molecule has 0 radical (unpaired) electrons. The van der Waals surface area contributed by atoms with E-state index in [1.165, 1.54) is 12.1 Å². The third kappa shape index (κ3) is 2.67. The van der Waals surface area contributed by atoms with Crippen LogP contribution in [-0.2, 0) is 6.18 Å². The fraction of sp³-hybridized carbons (Fsp3) is 0.538. The number of hydrogen-bond donors (Lipinski definition) is 1. The number of nitrogens with zero attached hydrogens (tertiary/aromatic N) is 1. The maximum Gasteiger partial charge on any atom is 0.418 e. The molecule has 2 aliphatic rings. The number of rotatable bonds is 1. The molecule has 0 saturated carbocycles. The second-order valence-corrected chi connectivity index (χ2v) is 5.10. The summed E-state index contributed by atoms with van der Waals surface area (Å²) in [6, 6.07) is 5.88. The Balaban J connectivity index is 0.00000133. The molecule has 2 atom stereocenters. The van der Waals surface area contributed by atoms with Crippen molar-refractivity contribution in [3.63, 3.8) is 0 Å². The molecule has 0 unspecified atom stereocenters. The van der Waals surface area contributed by atoms with E-state index in [9.17, 15) is 13.2 Å². The first-order valence-corrected chi connectivity index (χ1v) is 6.17. The smallest absolute Gasteiger partial charge is 0.370 e. The molecule has 1 N–H and O–H groups in total. The van der Waals surface area contributed by atoms with Crippen LogP contribution in [0.3, 0.4) is 0 Å². The van der Waals surface area contributed by atoms with Crippen LogP contribution in [0.4, 0.5) is 18.9 Å². The van der Waals surface area contributed by atoms with Crippen LogP contribution >= 0.6 is 12.4 Å². The Labute approximate surface area is 116 Å². The van der Waals surface area contributed by atoms with Crippen LogP contribution in [0.15, 0.2) is 24.3 Å². The van der Waals surface area contributed by atoms with Crippen LogP contribution in [0.1, 0.15) is 5.56 Å². The van der Waals surface area contributed by atoms with E-state index in [0.29, 0.717) is 17.5 Å². The minimum Gasteiger partial charge on any atom is -0.370 e. The van der Waals surface area contributed by atoms with Gasteiger partial charge >= 0.3 is 6.18 Å². The summed E-state index contributed by atoms with van der Waals surface area (Å²) in [5.41, 5.74) is -0.183. The molecule has 19 heavy (non-hydrogen) atoms. The Morgan fingerprint density at radius 1 is 1.05 bits per heavy atom. The zero-order valence-electron chi connectivity index (χ0n) is 10.3. The molecule has 106 valence electrons. The van der Waals surface area contributed by atoms with E-state index in [-0.39, 0.29) is 12.4 Å². The van der Waals surface area contributed by atoms with Crippen molar-refractivity contribution in [3.05, 3.63) is 29.8 Å². The van der Waals surface area contributed by atoms with Crippen LogP contribution in [0.2, 0.25) is 0 Å². The van der Waals surface area contributed by atoms with Gasteiger partial charge in [0.05, 0.1) is 5.56 Å². The van der Waals surface area contributed by atoms with Crippen LogP contribution in [0.25, 0.3) is 0 Å². The largest absolute Gasteiger partial charge is 0.418 e. The first kappa shape index (κ1) is 14.5. The van der Waals surface area contributed by atoms with Crippen molar-refractivity contribution in [1.82, 2.24) is 5.32 Å². The Kier molecular flexibility index (Phi) is 3.97. The summed E-state index contributed by atoms with van der Waals surface area (Å²) >= 11 is 0. The van der Waals surface area contributed by atoms with E-state index < -0.39 is 11.7 Å². The second kappa shape index (κ2) is 5.21. The second-order valence-electron chi connectivity index (χ2n) is 5.10. The summed E-state index contributed by atoms with van der Waals surface area (Å²) < 4.78 is 38.9. The molecule has 2 saturated heterocycles. The van der Waals surface area contributed by atoms with E-state index in [0.717, 1.165) is 26.2 Å². The summed E-state index contributed by atoms with van der Waals surface area (Å²) in [7, 11) is 0. The summed E-state index contributed by atoms with van der Waals surface area (Å²) in [4.78, 5) is 1.89. The molecule has 6 heteroatoms. The number of nitrogens with one attached hydrogen (secondary N) is 1. The zero-order valence-corrected chi connectivity index (χ0v) is 11.1. The highest BCUT2D eigenvalue weighted by Crippen LogP contribution is 2.39. The maximum absolute atomic E-state index is 13.0. The quantitative estimate of drug-likeness (QED) is 0.856. The highest BCUT2D eigenvalue weighted by atomic mass is 35.5. The Morgan fingerprint density at radius 2 is 1.63 bits per heavy atom. The fourth-order valence-corrected chi connectivity index (χ4v) is 3.04. The normalized spacial score (nSPS) is 26.2. The number of halogens is 4. The number of benzene rings is 1. The van der Waals surface area contributed by atoms with E-state index in [1.54, 1.807) is 12.1 Å². The molecule has 0 bridgehead atoms. The first-order valence-electron chi connectivity index (χ1n) is 6.17. The number of anilines is 1. The van der Waals surface area contributed by atoms with Gasteiger partial charge in [-0.15, -0.1) is 12.4 Å². The molecule has 2 fully saturated rings. The Morgan fingerprint density at radius 3 is 2.21 bits per heavy atom. The van der Waals surface area contributed by atoms with Crippen LogP contribution in [-0.4, -0.2) is 26.2 Å². The molecule has 0 spiro atoms. The van der Waals surface area contributed by atoms with Gasteiger partial charge in [0.2, 0.25) is 0 Å². The number of alkyl halides is 3. The molecule has 1 aromatic carbocycles. The van der Waals surface area contributed by atoms with Gasteiger partial charge in [-0.2, -0.15) is 13.2 Å². The SMILES string of the molecule is Cl.FC(F)(F)c1ccccc1N1C[C@H]2CNC[C@H]2C1. The van der Waals surface area contributed by atoms with Crippen LogP contribution < -0.4 is 10.2 Å². The molecule has 2 aliphatic heterocycles. The Hall–Kier alpha value is -0.940. The van der Waals surface area contributed by atoms with Crippen molar-refractivity contribution in [1.29, 1.82) is 0 Å². The predicted molar refractivity (Wildman–Crippen MR) is 70.8 cm³/mol. The maximum atomic E-state index is 13.0. The average Bonchev–Trinajstić information content (AvgIpc) is 2.87. The predicted octanol–water partition coefficient (Wildman–Crippen LogP) is 2.78. The van der Waals surface area contributed by atoms with Crippen molar-refractivity contribution in [2.24, 2.45) is 11.8 Å². The fourth-order valence-electron chi connectivity index (χ4n) is 3.04. The van der Waals surface area contributed by atoms with Crippen LogP contribution in [0, 0.1) is 11.8 Å². The van der Waals surface area contributed by atoms with E-state index in [4.69, 9.17) is 0 Å². The van der Waals surface area contributed by atoms with Gasteiger partial charge in [0.25, 0.3) is 0 Å². The van der Waals surface area contributed by atoms with E-state index in [2.05, 4.69) is 5.32 Å². The van der Waals surface area contributed by atoms with E-state index in [1.807, 2.05) is 4.90 Å². The van der Waals surface area contributed by atoms with Crippen molar-refractivity contribution in [2.75, 3.05) is 31.1 Å². The lowest BCUT2D eigenvalue weighted by Gasteiger charge is -2.23. The highest BCUT2D eigenvalue weighted by Gasteiger charge is 2.40. The number of fused-ring (bicyclic) bond motifs is 1. The molecule has 0 aliphatic carbocycles. The van der Waals surface area contributed by atoms with Crippen molar-refractivity contribution in [2.45, 2.75) is 6.18 Å². The van der Waals surface area contributed by atoms with Gasteiger partial charge in [0.1, 0.15) is 0 Å². The molecule has 0 amide bonds. The minimum atomic E-state index is -4.27. The zero-order chi connectivity index (χ0) is 12.8. The first-order chi connectivity index (χ1) is 8.55. The van der Waals surface area contributed by atoms with Gasteiger partial charge < -0.3 is 10.2 Å². The summed E-state index contributed by atoms with van der Waals surface area (Å²) in [5.74, 6) is 0.984. The molecule has 2 heterocycles. The Bertz CT molecular complexity index is 438. The molecule has 3 rings (SSSR count). The van der Waals surface area contributed by atoms with Crippen LogP contribution in [0.5, 0.6) is 0 Å². The van der Waals surface area contributed by atoms with Gasteiger partial charge in [0, 0.05) is 31.9 Å². The molecule has 2 nitrogen and oxygen atoms in total. The monoisotopic (exact) mass is 292 g/mol. The third-order valence-corrected chi connectivity index (χ3v) is 3.94. The lowest BCUT2D eigenvalue weighted by atomic mass is 10.0. The lowest BCUT2D eigenvalue weighted by Crippen LogP contribution is -2.27. The van der Waals surface area contributed by atoms with Gasteiger partial charge in [-0.3, -0.25) is 0 Å². The van der Waals surface area contributed by atoms with Gasteiger partial charge in [-0.25, -0.2) is 0 Å². The third-order valence-electron chi connectivity index (χ3n) is 3.94. The molecular weight excluding hydrogens is 277 g/mol. The molecule has 0 aromatic heterocycles. The van der Waals surface area contributed by atoms with Gasteiger partial charge in [0.15, 0.2) is 0 Å². The highest BCUT2D eigenvalue weighted by molar-refractivity contribution is 5.85. The minimum absolute atomic E-state index is 0. The lowest BCUT2D eigenvalue weighted by molar-refractivity contribution is -0.137.